The van der Waals surface area contributed by atoms with E-state index in [1.54, 1.807) is 39.0 Å². The molecule has 2 unspecified atom stereocenters. The van der Waals surface area contributed by atoms with Crippen molar-refractivity contribution in [1.29, 1.82) is 0 Å². The maximum absolute atomic E-state index is 15.0. The quantitative estimate of drug-likeness (QED) is 0.333. The van der Waals surface area contributed by atoms with E-state index in [-0.39, 0.29) is 23.6 Å². The molecule has 1 aromatic carbocycles. The number of rotatable bonds is 6. The zero-order chi connectivity index (χ0) is 24.7. The van der Waals surface area contributed by atoms with Crippen molar-refractivity contribution in [2.45, 2.75) is 82.2 Å². The lowest BCUT2D eigenvalue weighted by molar-refractivity contribution is 0.00642. The van der Waals surface area contributed by atoms with Crippen molar-refractivity contribution < 1.29 is 23.0 Å². The van der Waals surface area contributed by atoms with Gasteiger partial charge in [-0.3, -0.25) is 4.90 Å². The van der Waals surface area contributed by atoms with E-state index in [1.807, 2.05) is 6.08 Å². The number of ether oxygens (including phenoxy) is 2. The van der Waals surface area contributed by atoms with Crippen molar-refractivity contribution in [2.75, 3.05) is 13.1 Å². The minimum Gasteiger partial charge on any atom is -0.489 e. The zero-order valence-electron chi connectivity index (χ0n) is 20.3. The lowest BCUT2D eigenvalue weighted by Gasteiger charge is -2.41. The van der Waals surface area contributed by atoms with Gasteiger partial charge >= 0.3 is 5.97 Å². The van der Waals surface area contributed by atoms with Crippen LogP contribution in [-0.2, 0) is 4.74 Å². The molecule has 34 heavy (non-hydrogen) atoms. The van der Waals surface area contributed by atoms with Gasteiger partial charge in [-0.2, -0.15) is 0 Å². The summed E-state index contributed by atoms with van der Waals surface area (Å²) in [7, 11) is 0. The number of hydrogen-bond donors (Lipinski definition) is 0. The minimum atomic E-state index is -1.90. The van der Waals surface area contributed by atoms with Crippen LogP contribution in [0, 0.1) is 11.7 Å². The molecule has 0 aromatic heterocycles. The first-order valence-electron chi connectivity index (χ1n) is 12.1. The van der Waals surface area contributed by atoms with Crippen LogP contribution in [0.15, 0.2) is 36.4 Å². The molecule has 0 radical (unpaired) electrons. The molecule has 1 saturated heterocycles. The summed E-state index contributed by atoms with van der Waals surface area (Å²) in [5, 5.41) is -1.90. The van der Waals surface area contributed by atoms with Crippen LogP contribution in [0.4, 0.5) is 8.78 Å². The van der Waals surface area contributed by atoms with E-state index in [1.165, 1.54) is 12.1 Å². The van der Waals surface area contributed by atoms with Gasteiger partial charge in [-0.25, -0.2) is 13.6 Å². The molecule has 4 nitrogen and oxygen atoms in total. The van der Waals surface area contributed by atoms with Crippen molar-refractivity contribution in [3.63, 3.8) is 0 Å². The zero-order valence-corrected chi connectivity index (χ0v) is 21.1. The Bertz CT molecular complexity index is 981. The number of esters is 1. The molecule has 4 rings (SSSR count). The molecule has 2 fully saturated rings. The number of allylic oxidation sites excluding steroid dienone is 3. The van der Waals surface area contributed by atoms with Crippen LogP contribution in [0.5, 0.6) is 5.75 Å². The Kier molecular flexibility index (Phi) is 7.12. The lowest BCUT2D eigenvalue weighted by Crippen LogP contribution is -2.49. The van der Waals surface area contributed by atoms with Crippen molar-refractivity contribution >= 4 is 17.6 Å². The highest BCUT2D eigenvalue weighted by Gasteiger charge is 2.38. The lowest BCUT2D eigenvalue weighted by atomic mass is 9.94. The number of carbonyl (C=O) groups excluding carboxylic acids is 1. The molecule has 1 heterocycles. The van der Waals surface area contributed by atoms with Gasteiger partial charge < -0.3 is 9.47 Å². The van der Waals surface area contributed by atoms with Gasteiger partial charge in [0.05, 0.1) is 5.56 Å². The van der Waals surface area contributed by atoms with Gasteiger partial charge in [-0.05, 0) is 77.0 Å². The van der Waals surface area contributed by atoms with E-state index in [9.17, 15) is 13.6 Å². The van der Waals surface area contributed by atoms with Crippen LogP contribution in [0.1, 0.15) is 75.2 Å². The smallest absolute Gasteiger partial charge is 0.341 e. The molecular formula is C27H34ClF2NO3. The molecule has 186 valence electrons. The third-order valence-corrected chi connectivity index (χ3v) is 7.10. The Labute approximate surface area is 205 Å². The van der Waals surface area contributed by atoms with E-state index in [4.69, 9.17) is 21.1 Å². The summed E-state index contributed by atoms with van der Waals surface area (Å²) < 4.78 is 41.4. The summed E-state index contributed by atoms with van der Waals surface area (Å²) >= 11 is 6.09. The summed E-state index contributed by atoms with van der Waals surface area (Å²) in [6, 6.07) is 3.19. The molecule has 2 aliphatic carbocycles. The Morgan fingerprint density at radius 2 is 1.94 bits per heavy atom. The average Bonchev–Trinajstić information content (AvgIpc) is 3.56. The number of piperidine rings is 1. The van der Waals surface area contributed by atoms with Crippen LogP contribution in [-0.4, -0.2) is 46.8 Å². The number of benzene rings is 1. The van der Waals surface area contributed by atoms with E-state index in [0.717, 1.165) is 31.2 Å². The largest absolute Gasteiger partial charge is 0.489 e. The Balaban J connectivity index is 1.49. The number of nitrogens with zero attached hydrogens (tertiary/aromatic N) is 1. The van der Waals surface area contributed by atoms with E-state index in [2.05, 4.69) is 11.8 Å². The van der Waals surface area contributed by atoms with Crippen LogP contribution in [0.2, 0.25) is 0 Å². The number of carbonyl (C=O) groups is 1. The molecular weight excluding hydrogens is 460 g/mol. The number of hydrogen-bond acceptors (Lipinski definition) is 4. The molecule has 1 saturated carbocycles. The normalized spacial score (nSPS) is 29.8. The molecule has 0 amide bonds. The van der Waals surface area contributed by atoms with Gasteiger partial charge in [-0.15, -0.1) is 0 Å². The predicted octanol–water partition coefficient (Wildman–Crippen LogP) is 6.54. The minimum absolute atomic E-state index is 0.0541. The average molecular weight is 494 g/mol. The number of alkyl halides is 2. The molecule has 3 aliphatic rings. The van der Waals surface area contributed by atoms with Gasteiger partial charge in [0.1, 0.15) is 23.3 Å². The van der Waals surface area contributed by atoms with E-state index < -0.39 is 28.4 Å². The van der Waals surface area contributed by atoms with Gasteiger partial charge in [0.2, 0.25) is 5.13 Å². The molecule has 4 atom stereocenters. The van der Waals surface area contributed by atoms with E-state index >= 15 is 0 Å². The first kappa shape index (κ1) is 25.2. The van der Waals surface area contributed by atoms with Crippen molar-refractivity contribution in [2.24, 2.45) is 5.92 Å². The topological polar surface area (TPSA) is 38.8 Å². The summed E-state index contributed by atoms with van der Waals surface area (Å²) in [6.07, 6.45) is 10.2. The van der Waals surface area contributed by atoms with Crippen LogP contribution in [0.3, 0.4) is 0 Å². The van der Waals surface area contributed by atoms with Gasteiger partial charge in [0.15, 0.2) is 0 Å². The van der Waals surface area contributed by atoms with Crippen molar-refractivity contribution in [3.05, 3.63) is 53.4 Å². The highest BCUT2D eigenvalue weighted by atomic mass is 35.5. The highest BCUT2D eigenvalue weighted by molar-refractivity contribution is 6.24. The van der Waals surface area contributed by atoms with Crippen molar-refractivity contribution in [3.8, 4) is 5.75 Å². The first-order valence-corrected chi connectivity index (χ1v) is 12.5. The fourth-order valence-corrected chi connectivity index (χ4v) is 4.83. The van der Waals surface area contributed by atoms with Crippen LogP contribution < -0.4 is 4.74 Å². The summed E-state index contributed by atoms with van der Waals surface area (Å²) in [4.78, 5) is 14.7. The summed E-state index contributed by atoms with van der Waals surface area (Å²) in [5.74, 6) is -1.00. The first-order chi connectivity index (χ1) is 15.9. The predicted molar refractivity (Wildman–Crippen MR) is 130 cm³/mol. The van der Waals surface area contributed by atoms with Gasteiger partial charge in [-0.1, -0.05) is 29.8 Å². The fraction of sp³-hybridized carbons (Fsp3) is 0.593. The van der Waals surface area contributed by atoms with Crippen LogP contribution in [0.25, 0.3) is 0 Å². The fourth-order valence-electron chi connectivity index (χ4n) is 4.62. The molecule has 0 bridgehead atoms. The second-order valence-corrected chi connectivity index (χ2v) is 11.4. The number of likely N-dealkylation sites (tertiary alicyclic amines) is 1. The maximum atomic E-state index is 15.0. The summed E-state index contributed by atoms with van der Waals surface area (Å²) in [5.41, 5.74) is 0.0995. The number of halogens is 3. The van der Waals surface area contributed by atoms with Crippen molar-refractivity contribution in [1.82, 2.24) is 4.90 Å². The summed E-state index contributed by atoms with van der Waals surface area (Å²) in [6.45, 7) is 8.47. The Hall–Kier alpha value is -1.92. The Morgan fingerprint density at radius 1 is 1.21 bits per heavy atom. The molecule has 1 aromatic rings. The third kappa shape index (κ3) is 6.01. The molecule has 0 spiro atoms. The molecule has 0 N–H and O–H groups in total. The molecule has 1 aliphatic heterocycles. The third-order valence-electron chi connectivity index (χ3n) is 6.70. The SMILES string of the molecule is C[C@@H]1CC[C@@H](Oc2cc(F)c(C(=O)OC(C)(C)C)cc2C2CC2)CN1CC1C=CC=CC1(F)Cl. The van der Waals surface area contributed by atoms with E-state index in [0.29, 0.717) is 18.8 Å². The highest BCUT2D eigenvalue weighted by Crippen LogP contribution is 2.46. The van der Waals surface area contributed by atoms with Gasteiger partial charge in [0, 0.05) is 31.1 Å². The van der Waals surface area contributed by atoms with Gasteiger partial charge in [0.25, 0.3) is 0 Å². The second kappa shape index (κ2) is 9.62. The Morgan fingerprint density at radius 3 is 2.59 bits per heavy atom. The monoisotopic (exact) mass is 493 g/mol. The standard InChI is InChI=1S/C27H34ClF2NO3/c1-17-8-11-20(16-31(17)15-19-7-5-6-12-27(19,28)30)33-24-14-23(29)22(13-21(24)18-9-10-18)25(32)34-26(2,3)4/h5-7,12-14,17-20H,8-11,15-16H2,1-4H3/t17-,19?,20-,27?/m1/s1. The second-order valence-electron chi connectivity index (χ2n) is 10.8. The molecule has 7 heteroatoms. The van der Waals surface area contributed by atoms with Crippen LogP contribution >= 0.6 is 11.6 Å². The maximum Gasteiger partial charge on any atom is 0.341 e.